The van der Waals surface area contributed by atoms with Crippen molar-refractivity contribution in [2.24, 2.45) is 0 Å². The topological polar surface area (TPSA) is 87.3 Å². The van der Waals surface area contributed by atoms with Gasteiger partial charge in [0.05, 0.1) is 6.42 Å². The fourth-order valence-electron chi connectivity index (χ4n) is 2.51. The number of fused-ring (bicyclic) bond motifs is 1. The molecule has 0 aromatic heterocycles. The zero-order chi connectivity index (χ0) is 14.1. The molecule has 1 fully saturated rings. The molecule has 0 aliphatic carbocycles. The molecule has 1 aromatic carbocycles. The van der Waals surface area contributed by atoms with E-state index in [1.807, 2.05) is 0 Å². The summed E-state index contributed by atoms with van der Waals surface area (Å²) in [6.07, 6.45) is 1.86. The van der Waals surface area contributed by atoms with Crippen LogP contribution in [0.3, 0.4) is 0 Å². The van der Waals surface area contributed by atoms with Crippen molar-refractivity contribution in [1.82, 2.24) is 10.6 Å². The zero-order valence-electron chi connectivity index (χ0n) is 10.9. The van der Waals surface area contributed by atoms with Crippen molar-refractivity contribution >= 4 is 23.4 Å². The van der Waals surface area contributed by atoms with Gasteiger partial charge in [-0.2, -0.15) is 0 Å². The Morgan fingerprint density at radius 3 is 2.95 bits per heavy atom. The Labute approximate surface area is 115 Å². The van der Waals surface area contributed by atoms with Crippen molar-refractivity contribution in [2.75, 3.05) is 11.9 Å². The van der Waals surface area contributed by atoms with E-state index < -0.39 is 6.04 Å². The fourth-order valence-corrected chi connectivity index (χ4v) is 2.51. The molecule has 20 heavy (non-hydrogen) atoms. The molecule has 6 heteroatoms. The van der Waals surface area contributed by atoms with Crippen LogP contribution in [-0.2, 0) is 16.0 Å². The number of piperidine rings is 1. The summed E-state index contributed by atoms with van der Waals surface area (Å²) < 4.78 is 0. The lowest BCUT2D eigenvalue weighted by molar-refractivity contribution is -0.124. The Kier molecular flexibility index (Phi) is 3.14. The molecule has 6 nitrogen and oxygen atoms in total. The maximum Gasteiger partial charge on any atom is 0.252 e. The van der Waals surface area contributed by atoms with Crippen LogP contribution in [0.4, 0.5) is 5.69 Å². The van der Waals surface area contributed by atoms with Gasteiger partial charge in [-0.25, -0.2) is 0 Å². The SMILES string of the molecule is O=C1Cc2ccc(C(=O)NC3CCCNC3=O)cc2N1. The van der Waals surface area contributed by atoms with Crippen LogP contribution in [0.5, 0.6) is 0 Å². The number of hydrogen-bond acceptors (Lipinski definition) is 3. The first kappa shape index (κ1) is 12.7. The Balaban J connectivity index is 1.73. The number of carbonyl (C=O) groups is 3. The maximum absolute atomic E-state index is 12.1. The molecular formula is C14H15N3O3. The molecule has 2 aliphatic heterocycles. The largest absolute Gasteiger partial charge is 0.354 e. The van der Waals surface area contributed by atoms with E-state index in [9.17, 15) is 14.4 Å². The summed E-state index contributed by atoms with van der Waals surface area (Å²) in [7, 11) is 0. The summed E-state index contributed by atoms with van der Waals surface area (Å²) in [6, 6.07) is 4.62. The van der Waals surface area contributed by atoms with Crippen LogP contribution in [0.1, 0.15) is 28.8 Å². The van der Waals surface area contributed by atoms with Gasteiger partial charge in [0.1, 0.15) is 6.04 Å². The molecule has 0 saturated carbocycles. The van der Waals surface area contributed by atoms with Gasteiger partial charge in [-0.1, -0.05) is 6.07 Å². The summed E-state index contributed by atoms with van der Waals surface area (Å²) >= 11 is 0. The van der Waals surface area contributed by atoms with E-state index in [1.54, 1.807) is 18.2 Å². The molecule has 104 valence electrons. The maximum atomic E-state index is 12.1. The molecule has 1 atom stereocenters. The number of amides is 3. The minimum atomic E-state index is -0.473. The number of benzene rings is 1. The first-order valence-electron chi connectivity index (χ1n) is 6.65. The molecule has 1 unspecified atom stereocenters. The minimum absolute atomic E-state index is 0.0655. The van der Waals surface area contributed by atoms with E-state index in [-0.39, 0.29) is 17.7 Å². The first-order valence-corrected chi connectivity index (χ1v) is 6.65. The Hall–Kier alpha value is -2.37. The molecule has 2 aliphatic rings. The van der Waals surface area contributed by atoms with E-state index in [0.717, 1.165) is 12.0 Å². The predicted molar refractivity (Wildman–Crippen MR) is 72.3 cm³/mol. The van der Waals surface area contributed by atoms with Crippen LogP contribution < -0.4 is 16.0 Å². The average Bonchev–Trinajstić information content (AvgIpc) is 2.80. The lowest BCUT2D eigenvalue weighted by Gasteiger charge is -2.22. The summed E-state index contributed by atoms with van der Waals surface area (Å²) in [5.74, 6) is -0.501. The Morgan fingerprint density at radius 2 is 2.15 bits per heavy atom. The summed E-state index contributed by atoms with van der Waals surface area (Å²) in [6.45, 7) is 0.663. The second-order valence-corrected chi connectivity index (χ2v) is 5.06. The minimum Gasteiger partial charge on any atom is -0.354 e. The first-order chi connectivity index (χ1) is 9.63. The Bertz CT molecular complexity index is 597. The highest BCUT2D eigenvalue weighted by molar-refractivity contribution is 6.03. The van der Waals surface area contributed by atoms with Crippen molar-refractivity contribution in [1.29, 1.82) is 0 Å². The molecule has 3 rings (SSSR count). The monoisotopic (exact) mass is 273 g/mol. The van der Waals surface area contributed by atoms with Gasteiger partial charge in [-0.3, -0.25) is 14.4 Å². The number of hydrogen-bond donors (Lipinski definition) is 3. The van der Waals surface area contributed by atoms with E-state index in [1.165, 1.54) is 0 Å². The van der Waals surface area contributed by atoms with Crippen molar-refractivity contribution in [3.05, 3.63) is 29.3 Å². The molecule has 0 bridgehead atoms. The van der Waals surface area contributed by atoms with Crippen LogP contribution >= 0.6 is 0 Å². The summed E-state index contributed by atoms with van der Waals surface area (Å²) in [5.41, 5.74) is 2.02. The standard InChI is InChI=1S/C14H15N3O3/c18-12-7-8-3-4-9(6-11(8)16-12)13(19)17-10-2-1-5-15-14(10)20/h3-4,6,10H,1-2,5,7H2,(H,15,20)(H,16,18)(H,17,19). The quantitative estimate of drug-likeness (QED) is 0.719. The van der Waals surface area contributed by atoms with Crippen LogP contribution in [0, 0.1) is 0 Å². The highest BCUT2D eigenvalue weighted by atomic mass is 16.2. The number of rotatable bonds is 2. The third kappa shape index (κ3) is 2.36. The van der Waals surface area contributed by atoms with Crippen molar-refractivity contribution in [2.45, 2.75) is 25.3 Å². The van der Waals surface area contributed by atoms with Crippen LogP contribution in [0.15, 0.2) is 18.2 Å². The average molecular weight is 273 g/mol. The van der Waals surface area contributed by atoms with Gasteiger partial charge < -0.3 is 16.0 Å². The van der Waals surface area contributed by atoms with Gasteiger partial charge in [0, 0.05) is 17.8 Å². The highest BCUT2D eigenvalue weighted by Gasteiger charge is 2.25. The van der Waals surface area contributed by atoms with Gasteiger partial charge in [0.15, 0.2) is 0 Å². The molecule has 0 spiro atoms. The molecule has 3 N–H and O–H groups in total. The molecule has 1 saturated heterocycles. The van der Waals surface area contributed by atoms with E-state index in [0.29, 0.717) is 30.6 Å². The van der Waals surface area contributed by atoms with Crippen molar-refractivity contribution in [3.8, 4) is 0 Å². The lowest BCUT2D eigenvalue weighted by Crippen LogP contribution is -2.50. The van der Waals surface area contributed by atoms with Gasteiger partial charge in [-0.05, 0) is 30.5 Å². The third-order valence-corrected chi connectivity index (χ3v) is 3.59. The van der Waals surface area contributed by atoms with Gasteiger partial charge >= 0.3 is 0 Å². The van der Waals surface area contributed by atoms with Crippen molar-refractivity contribution < 1.29 is 14.4 Å². The zero-order valence-corrected chi connectivity index (χ0v) is 10.9. The summed E-state index contributed by atoms with van der Waals surface area (Å²) in [5, 5.41) is 8.16. The number of carbonyl (C=O) groups excluding carboxylic acids is 3. The lowest BCUT2D eigenvalue weighted by atomic mass is 10.0. The molecule has 1 aromatic rings. The second-order valence-electron chi connectivity index (χ2n) is 5.06. The smallest absolute Gasteiger partial charge is 0.252 e. The number of anilines is 1. The fraction of sp³-hybridized carbons (Fsp3) is 0.357. The van der Waals surface area contributed by atoms with Crippen molar-refractivity contribution in [3.63, 3.8) is 0 Å². The van der Waals surface area contributed by atoms with Crippen LogP contribution in [0.25, 0.3) is 0 Å². The van der Waals surface area contributed by atoms with Gasteiger partial charge in [0.25, 0.3) is 5.91 Å². The molecule has 3 amide bonds. The predicted octanol–water partition coefficient (Wildman–Crippen LogP) is 0.190. The summed E-state index contributed by atoms with van der Waals surface area (Å²) in [4.78, 5) is 35.0. The van der Waals surface area contributed by atoms with E-state index in [4.69, 9.17) is 0 Å². The third-order valence-electron chi connectivity index (χ3n) is 3.59. The van der Waals surface area contributed by atoms with Gasteiger partial charge in [0.2, 0.25) is 11.8 Å². The van der Waals surface area contributed by atoms with Crippen LogP contribution in [0.2, 0.25) is 0 Å². The van der Waals surface area contributed by atoms with Gasteiger partial charge in [-0.15, -0.1) is 0 Å². The van der Waals surface area contributed by atoms with E-state index in [2.05, 4.69) is 16.0 Å². The molecule has 2 heterocycles. The van der Waals surface area contributed by atoms with Crippen LogP contribution in [-0.4, -0.2) is 30.3 Å². The molecule has 0 radical (unpaired) electrons. The second kappa shape index (κ2) is 4.96. The number of nitrogens with one attached hydrogen (secondary N) is 3. The molecular weight excluding hydrogens is 258 g/mol. The highest BCUT2D eigenvalue weighted by Crippen LogP contribution is 2.24. The normalized spacial score (nSPS) is 20.9. The van der Waals surface area contributed by atoms with E-state index >= 15 is 0 Å². The Morgan fingerprint density at radius 1 is 1.30 bits per heavy atom.